The minimum absolute atomic E-state index is 0. The fraction of sp³-hybridized carbons (Fsp3) is 0.600. The standard InChI is InChI=1S/C20H29N3O3.ClH/c1-14(15-5-3-9-21-13-15)11-19(24)22-16-7-8-17(18(12-16)26-2)23-10-4-6-20(23)25;/h7-8,12,14-15,21H,3-6,9-11,13H2,1-2H3,(H,22,24);1H. The molecular weight excluding hydrogens is 366 g/mol. The van der Waals surface area contributed by atoms with Crippen molar-refractivity contribution in [2.45, 2.75) is 39.0 Å². The third-order valence-corrected chi connectivity index (χ3v) is 5.47. The molecule has 0 radical (unpaired) electrons. The van der Waals surface area contributed by atoms with Crippen LogP contribution in [0.15, 0.2) is 18.2 Å². The van der Waals surface area contributed by atoms with Gasteiger partial charge in [0.05, 0.1) is 12.8 Å². The second-order valence-electron chi connectivity index (χ2n) is 7.37. The molecule has 2 aliphatic heterocycles. The first-order chi connectivity index (χ1) is 12.6. The van der Waals surface area contributed by atoms with Gasteiger partial charge in [0.15, 0.2) is 0 Å². The Morgan fingerprint density at radius 2 is 2.22 bits per heavy atom. The zero-order valence-electron chi connectivity index (χ0n) is 16.1. The van der Waals surface area contributed by atoms with E-state index < -0.39 is 0 Å². The van der Waals surface area contributed by atoms with E-state index in [1.165, 1.54) is 12.8 Å². The Bertz CT molecular complexity index is 662. The van der Waals surface area contributed by atoms with Crippen LogP contribution in [0.2, 0.25) is 0 Å². The van der Waals surface area contributed by atoms with E-state index in [1.54, 1.807) is 18.1 Å². The van der Waals surface area contributed by atoms with Crippen LogP contribution in [0, 0.1) is 11.8 Å². The summed E-state index contributed by atoms with van der Waals surface area (Å²) in [5.74, 6) is 1.67. The molecule has 2 amide bonds. The topological polar surface area (TPSA) is 70.7 Å². The number of carbonyl (C=O) groups is 2. The fourth-order valence-corrected chi connectivity index (χ4v) is 3.92. The second-order valence-corrected chi connectivity index (χ2v) is 7.37. The molecule has 2 fully saturated rings. The molecule has 2 atom stereocenters. The lowest BCUT2D eigenvalue weighted by molar-refractivity contribution is -0.118. The predicted molar refractivity (Wildman–Crippen MR) is 110 cm³/mol. The van der Waals surface area contributed by atoms with Gasteiger partial charge in [-0.25, -0.2) is 0 Å². The molecule has 2 heterocycles. The van der Waals surface area contributed by atoms with Crippen LogP contribution < -0.4 is 20.3 Å². The highest BCUT2D eigenvalue weighted by Crippen LogP contribution is 2.34. The third-order valence-electron chi connectivity index (χ3n) is 5.47. The van der Waals surface area contributed by atoms with Gasteiger partial charge < -0.3 is 20.3 Å². The lowest BCUT2D eigenvalue weighted by Gasteiger charge is -2.28. The molecule has 0 aromatic heterocycles. The van der Waals surface area contributed by atoms with Gasteiger partial charge in [0.2, 0.25) is 11.8 Å². The van der Waals surface area contributed by atoms with Crippen molar-refractivity contribution in [2.75, 3.05) is 37.0 Å². The molecule has 0 aliphatic carbocycles. The Labute approximate surface area is 167 Å². The Hall–Kier alpha value is -1.79. The van der Waals surface area contributed by atoms with Crippen LogP contribution in [0.1, 0.15) is 39.0 Å². The number of nitrogens with one attached hydrogen (secondary N) is 2. The van der Waals surface area contributed by atoms with Crippen molar-refractivity contribution in [3.63, 3.8) is 0 Å². The number of nitrogens with zero attached hydrogens (tertiary/aromatic N) is 1. The van der Waals surface area contributed by atoms with E-state index in [9.17, 15) is 9.59 Å². The highest BCUT2D eigenvalue weighted by Gasteiger charge is 2.25. The molecule has 7 heteroatoms. The molecule has 150 valence electrons. The number of carbonyl (C=O) groups excluding carboxylic acids is 2. The molecule has 2 aliphatic rings. The minimum Gasteiger partial charge on any atom is -0.494 e. The van der Waals surface area contributed by atoms with E-state index in [4.69, 9.17) is 4.74 Å². The SMILES string of the molecule is COc1cc(NC(=O)CC(C)C2CCCNC2)ccc1N1CCCC1=O.Cl. The lowest BCUT2D eigenvalue weighted by Crippen LogP contribution is -2.34. The Morgan fingerprint density at radius 1 is 1.41 bits per heavy atom. The number of piperidine rings is 1. The fourth-order valence-electron chi connectivity index (χ4n) is 3.92. The number of halogens is 1. The van der Waals surface area contributed by atoms with Crippen LogP contribution in [-0.2, 0) is 9.59 Å². The van der Waals surface area contributed by atoms with E-state index in [-0.39, 0.29) is 24.2 Å². The van der Waals surface area contributed by atoms with Gasteiger partial charge >= 0.3 is 0 Å². The molecule has 0 bridgehead atoms. The van der Waals surface area contributed by atoms with Crippen LogP contribution in [0.4, 0.5) is 11.4 Å². The van der Waals surface area contributed by atoms with E-state index >= 15 is 0 Å². The summed E-state index contributed by atoms with van der Waals surface area (Å²) in [4.78, 5) is 26.1. The van der Waals surface area contributed by atoms with Crippen LogP contribution in [0.25, 0.3) is 0 Å². The number of amides is 2. The maximum absolute atomic E-state index is 12.4. The Morgan fingerprint density at radius 3 is 2.85 bits per heavy atom. The zero-order chi connectivity index (χ0) is 18.5. The third kappa shape index (κ3) is 5.36. The summed E-state index contributed by atoms with van der Waals surface area (Å²) in [6.45, 7) is 4.95. The molecular formula is C20H30ClN3O3. The van der Waals surface area contributed by atoms with Crippen molar-refractivity contribution < 1.29 is 14.3 Å². The number of benzene rings is 1. The van der Waals surface area contributed by atoms with Gasteiger partial charge in [0.25, 0.3) is 0 Å². The van der Waals surface area contributed by atoms with Crippen molar-refractivity contribution in [1.29, 1.82) is 0 Å². The number of anilines is 2. The Balaban J connectivity index is 0.00000261. The first-order valence-corrected chi connectivity index (χ1v) is 9.57. The van der Waals surface area contributed by atoms with Crippen molar-refractivity contribution in [3.05, 3.63) is 18.2 Å². The summed E-state index contributed by atoms with van der Waals surface area (Å²) in [5, 5.41) is 6.38. The van der Waals surface area contributed by atoms with Crippen molar-refractivity contribution >= 4 is 35.6 Å². The van der Waals surface area contributed by atoms with E-state index in [0.717, 1.165) is 25.2 Å². The monoisotopic (exact) mass is 395 g/mol. The van der Waals surface area contributed by atoms with Crippen LogP contribution in [0.5, 0.6) is 5.75 Å². The molecule has 6 nitrogen and oxygen atoms in total. The molecule has 3 rings (SSSR count). The average molecular weight is 396 g/mol. The van der Waals surface area contributed by atoms with Crippen molar-refractivity contribution in [1.82, 2.24) is 5.32 Å². The van der Waals surface area contributed by atoms with E-state index in [2.05, 4.69) is 17.6 Å². The molecule has 1 aromatic carbocycles. The summed E-state index contributed by atoms with van der Waals surface area (Å²) in [6, 6.07) is 5.49. The molecule has 1 aromatic rings. The summed E-state index contributed by atoms with van der Waals surface area (Å²) in [5.41, 5.74) is 1.48. The average Bonchev–Trinajstić information content (AvgIpc) is 3.08. The molecule has 27 heavy (non-hydrogen) atoms. The maximum atomic E-state index is 12.4. The van der Waals surface area contributed by atoms with Crippen LogP contribution in [-0.4, -0.2) is 38.6 Å². The van der Waals surface area contributed by atoms with E-state index in [1.807, 2.05) is 12.1 Å². The first-order valence-electron chi connectivity index (χ1n) is 9.57. The van der Waals surface area contributed by atoms with E-state index in [0.29, 0.717) is 42.7 Å². The molecule has 2 saturated heterocycles. The van der Waals surface area contributed by atoms with Crippen LogP contribution >= 0.6 is 12.4 Å². The van der Waals surface area contributed by atoms with Crippen molar-refractivity contribution in [2.24, 2.45) is 11.8 Å². The number of hydrogen-bond acceptors (Lipinski definition) is 4. The summed E-state index contributed by atoms with van der Waals surface area (Å²) in [6.07, 6.45) is 4.34. The van der Waals surface area contributed by atoms with Gasteiger partial charge in [0, 0.05) is 31.1 Å². The number of rotatable bonds is 6. The van der Waals surface area contributed by atoms with Crippen LogP contribution in [0.3, 0.4) is 0 Å². The summed E-state index contributed by atoms with van der Waals surface area (Å²) >= 11 is 0. The van der Waals surface area contributed by atoms with Gasteiger partial charge in [-0.3, -0.25) is 9.59 Å². The Kier molecular flexibility index (Phi) is 7.92. The second kappa shape index (κ2) is 9.95. The lowest BCUT2D eigenvalue weighted by atomic mass is 9.85. The molecule has 0 spiro atoms. The summed E-state index contributed by atoms with van der Waals surface area (Å²) in [7, 11) is 1.59. The minimum atomic E-state index is 0. The maximum Gasteiger partial charge on any atom is 0.227 e. The zero-order valence-corrected chi connectivity index (χ0v) is 16.9. The quantitative estimate of drug-likeness (QED) is 0.775. The number of hydrogen-bond donors (Lipinski definition) is 2. The van der Waals surface area contributed by atoms with Gasteiger partial charge in [-0.2, -0.15) is 0 Å². The van der Waals surface area contributed by atoms with Gasteiger partial charge in [-0.05, 0) is 56.3 Å². The first kappa shape index (κ1) is 21.5. The van der Waals surface area contributed by atoms with Gasteiger partial charge in [-0.15, -0.1) is 12.4 Å². The molecule has 2 N–H and O–H groups in total. The highest BCUT2D eigenvalue weighted by atomic mass is 35.5. The predicted octanol–water partition coefficient (Wildman–Crippen LogP) is 3.21. The number of methoxy groups -OCH3 is 1. The van der Waals surface area contributed by atoms with Gasteiger partial charge in [-0.1, -0.05) is 6.92 Å². The van der Waals surface area contributed by atoms with Crippen molar-refractivity contribution in [3.8, 4) is 5.75 Å². The molecule has 2 unspecified atom stereocenters. The largest absolute Gasteiger partial charge is 0.494 e. The highest BCUT2D eigenvalue weighted by molar-refractivity contribution is 5.98. The number of ether oxygens (including phenoxy) is 1. The van der Waals surface area contributed by atoms with Gasteiger partial charge in [0.1, 0.15) is 5.75 Å². The smallest absolute Gasteiger partial charge is 0.227 e. The normalized spacial score (nSPS) is 20.7. The summed E-state index contributed by atoms with van der Waals surface area (Å²) < 4.78 is 5.45. The molecule has 0 saturated carbocycles.